The van der Waals surface area contributed by atoms with Crippen molar-refractivity contribution in [2.75, 3.05) is 0 Å². The molecule has 7 rings (SSSR count). The largest absolute Gasteiger partial charge is 0.345 e. The molecule has 0 fully saturated rings. The van der Waals surface area contributed by atoms with Gasteiger partial charge in [0.1, 0.15) is 0 Å². The van der Waals surface area contributed by atoms with E-state index in [1.54, 1.807) is 18.2 Å². The average molecular weight is 598 g/mol. The molecular weight excluding hydrogens is 558 g/mol. The van der Waals surface area contributed by atoms with Gasteiger partial charge in [0.15, 0.2) is 0 Å². The number of carbonyl (C=O) groups excluding carboxylic acids is 3. The molecule has 0 spiro atoms. The number of fused-ring (bicyclic) bond motifs is 3. The van der Waals surface area contributed by atoms with E-state index in [9.17, 15) is 14.4 Å². The second-order valence-corrected chi connectivity index (χ2v) is 12.7. The Morgan fingerprint density at radius 1 is 0.444 bits per heavy atom. The minimum Gasteiger partial charge on any atom is -0.345 e. The number of aryl methyl sites for hydroxylation is 3. The highest BCUT2D eigenvalue weighted by Gasteiger charge is 2.27. The lowest BCUT2D eigenvalue weighted by molar-refractivity contribution is 0.0932. The monoisotopic (exact) mass is 597 g/mol. The summed E-state index contributed by atoms with van der Waals surface area (Å²) in [5.74, 6) is -0.857. The van der Waals surface area contributed by atoms with Crippen LogP contribution in [0.1, 0.15) is 121 Å². The number of amides is 3. The molecule has 0 saturated carbocycles. The Kier molecular flexibility index (Phi) is 8.21. The first-order valence-corrected chi connectivity index (χ1v) is 16.3. The molecule has 0 aliphatic heterocycles. The number of carbonyl (C=O) groups is 3. The SMILES string of the molecule is O=C(N[C@H]1CCCc2ccccc21)c1cc(C(=O)N[C@H]2CCCc3ccccc32)cc(C(=O)N[C@H]2CCCc3ccccc32)c1. The molecule has 228 valence electrons. The summed E-state index contributed by atoms with van der Waals surface area (Å²) in [4.78, 5) is 41.4. The molecule has 0 bridgehead atoms. The number of benzene rings is 4. The van der Waals surface area contributed by atoms with Crippen LogP contribution < -0.4 is 16.0 Å². The summed E-state index contributed by atoms with van der Waals surface area (Å²) in [5.41, 5.74) is 8.09. The van der Waals surface area contributed by atoms with Crippen molar-refractivity contribution in [3.05, 3.63) is 141 Å². The van der Waals surface area contributed by atoms with Crippen LogP contribution in [0.4, 0.5) is 0 Å². The first-order chi connectivity index (χ1) is 22.0. The van der Waals surface area contributed by atoms with Crippen molar-refractivity contribution in [2.45, 2.75) is 75.9 Å². The first-order valence-electron chi connectivity index (χ1n) is 16.3. The fraction of sp³-hybridized carbons (Fsp3) is 0.308. The van der Waals surface area contributed by atoms with Crippen LogP contribution in [0.5, 0.6) is 0 Å². The van der Waals surface area contributed by atoms with E-state index in [1.807, 2.05) is 36.4 Å². The molecule has 3 aliphatic carbocycles. The molecule has 0 heterocycles. The molecule has 45 heavy (non-hydrogen) atoms. The third-order valence-corrected chi connectivity index (χ3v) is 9.74. The summed E-state index contributed by atoms with van der Waals surface area (Å²) in [6, 6.07) is 29.2. The molecule has 0 aromatic heterocycles. The summed E-state index contributed by atoms with van der Waals surface area (Å²) < 4.78 is 0. The van der Waals surface area contributed by atoms with Crippen molar-refractivity contribution in [2.24, 2.45) is 0 Å². The highest BCUT2D eigenvalue weighted by atomic mass is 16.2. The zero-order valence-electron chi connectivity index (χ0n) is 25.5. The minimum atomic E-state index is -0.286. The van der Waals surface area contributed by atoms with Gasteiger partial charge in [-0.15, -0.1) is 0 Å². The fourth-order valence-corrected chi connectivity index (χ4v) is 7.46. The summed E-state index contributed by atoms with van der Waals surface area (Å²) >= 11 is 0. The van der Waals surface area contributed by atoms with E-state index < -0.39 is 0 Å². The molecule has 0 saturated heterocycles. The van der Waals surface area contributed by atoms with Crippen LogP contribution >= 0.6 is 0 Å². The zero-order valence-corrected chi connectivity index (χ0v) is 25.5. The van der Waals surface area contributed by atoms with Crippen molar-refractivity contribution >= 4 is 17.7 Å². The molecular formula is C39H39N3O3. The van der Waals surface area contributed by atoms with Crippen molar-refractivity contribution in [3.8, 4) is 0 Å². The zero-order chi connectivity index (χ0) is 30.8. The highest BCUT2D eigenvalue weighted by molar-refractivity contribution is 6.04. The van der Waals surface area contributed by atoms with Gasteiger partial charge in [-0.05, 0) is 109 Å². The minimum absolute atomic E-state index is 0.116. The van der Waals surface area contributed by atoms with Gasteiger partial charge in [0, 0.05) is 16.7 Å². The molecule has 3 N–H and O–H groups in total. The van der Waals surface area contributed by atoms with Gasteiger partial charge in [-0.2, -0.15) is 0 Å². The fourth-order valence-electron chi connectivity index (χ4n) is 7.46. The van der Waals surface area contributed by atoms with E-state index in [-0.39, 0.29) is 35.8 Å². The predicted octanol–water partition coefficient (Wildman–Crippen LogP) is 7.11. The third-order valence-electron chi connectivity index (χ3n) is 9.74. The average Bonchev–Trinajstić information content (AvgIpc) is 3.08. The Morgan fingerprint density at radius 2 is 0.733 bits per heavy atom. The number of hydrogen-bond donors (Lipinski definition) is 3. The molecule has 3 atom stereocenters. The Balaban J connectivity index is 1.18. The van der Waals surface area contributed by atoms with E-state index in [4.69, 9.17) is 0 Å². The normalized spacial score (nSPS) is 20.1. The standard InChI is InChI=1S/C39H39N3O3/c43-37(40-34-19-7-13-25-10-1-4-16-31(25)34)28-22-29(38(44)41-35-20-8-14-26-11-2-5-17-32(26)35)24-30(23-28)39(45)42-36-21-9-15-27-12-3-6-18-33(27)36/h1-6,10-12,16-18,22-24,34-36H,7-9,13-15,19-21H2,(H,40,43)(H,41,44)(H,42,45)/t34-,35-,36-/m0/s1. The Labute approximate surface area is 264 Å². The van der Waals surface area contributed by atoms with Gasteiger partial charge in [-0.1, -0.05) is 72.8 Å². The third kappa shape index (κ3) is 6.15. The lowest BCUT2D eigenvalue weighted by atomic mass is 9.87. The van der Waals surface area contributed by atoms with Gasteiger partial charge in [0.2, 0.25) is 0 Å². The summed E-state index contributed by atoms with van der Waals surface area (Å²) in [5, 5.41) is 9.63. The Hall–Kier alpha value is -4.71. The van der Waals surface area contributed by atoms with Gasteiger partial charge < -0.3 is 16.0 Å². The van der Waals surface area contributed by atoms with Crippen molar-refractivity contribution in [1.82, 2.24) is 16.0 Å². The van der Waals surface area contributed by atoms with Gasteiger partial charge in [-0.3, -0.25) is 14.4 Å². The quantitative estimate of drug-likeness (QED) is 0.221. The van der Waals surface area contributed by atoms with Crippen LogP contribution in [0.15, 0.2) is 91.0 Å². The van der Waals surface area contributed by atoms with E-state index >= 15 is 0 Å². The van der Waals surface area contributed by atoms with Gasteiger partial charge in [-0.25, -0.2) is 0 Å². The van der Waals surface area contributed by atoms with Crippen molar-refractivity contribution in [1.29, 1.82) is 0 Å². The summed E-state index contributed by atoms with van der Waals surface area (Å²) in [7, 11) is 0. The molecule has 0 unspecified atom stereocenters. The Morgan fingerprint density at radius 3 is 1.04 bits per heavy atom. The Bertz CT molecular complexity index is 1550. The van der Waals surface area contributed by atoms with Gasteiger partial charge in [0.05, 0.1) is 18.1 Å². The summed E-state index contributed by atoms with van der Waals surface area (Å²) in [6.45, 7) is 0. The lowest BCUT2D eigenvalue weighted by Gasteiger charge is -2.27. The molecule has 3 aliphatic rings. The molecule has 6 heteroatoms. The maximum Gasteiger partial charge on any atom is 0.251 e. The van der Waals surface area contributed by atoms with Gasteiger partial charge in [0.25, 0.3) is 17.7 Å². The first kappa shape index (κ1) is 29.0. The van der Waals surface area contributed by atoms with Gasteiger partial charge >= 0.3 is 0 Å². The van der Waals surface area contributed by atoms with Crippen LogP contribution in [0, 0.1) is 0 Å². The molecule has 6 nitrogen and oxygen atoms in total. The maximum absolute atomic E-state index is 13.8. The van der Waals surface area contributed by atoms with Crippen molar-refractivity contribution < 1.29 is 14.4 Å². The predicted molar refractivity (Wildman–Crippen MR) is 175 cm³/mol. The number of hydrogen-bond acceptors (Lipinski definition) is 3. The van der Waals surface area contributed by atoms with Crippen LogP contribution in [-0.4, -0.2) is 17.7 Å². The second-order valence-electron chi connectivity index (χ2n) is 12.7. The molecule has 0 radical (unpaired) electrons. The topological polar surface area (TPSA) is 87.3 Å². The smallest absolute Gasteiger partial charge is 0.251 e. The molecule has 4 aromatic carbocycles. The summed E-state index contributed by atoms with van der Waals surface area (Å²) in [6.07, 6.45) is 8.50. The van der Waals surface area contributed by atoms with Crippen LogP contribution in [0.25, 0.3) is 0 Å². The van der Waals surface area contributed by atoms with E-state index in [0.29, 0.717) is 16.7 Å². The molecule has 3 amide bonds. The van der Waals surface area contributed by atoms with Crippen LogP contribution in [0.3, 0.4) is 0 Å². The molecule has 4 aromatic rings. The van der Waals surface area contributed by atoms with E-state index in [2.05, 4.69) is 52.3 Å². The maximum atomic E-state index is 13.8. The van der Waals surface area contributed by atoms with E-state index in [1.165, 1.54) is 16.7 Å². The van der Waals surface area contributed by atoms with Crippen molar-refractivity contribution in [3.63, 3.8) is 0 Å². The van der Waals surface area contributed by atoms with Crippen LogP contribution in [0.2, 0.25) is 0 Å². The highest BCUT2D eigenvalue weighted by Crippen LogP contribution is 2.32. The van der Waals surface area contributed by atoms with E-state index in [0.717, 1.165) is 74.5 Å². The van der Waals surface area contributed by atoms with Crippen LogP contribution in [-0.2, 0) is 19.3 Å². The lowest BCUT2D eigenvalue weighted by Crippen LogP contribution is -2.34. The number of rotatable bonds is 6. The second kappa shape index (κ2) is 12.7. The number of nitrogens with one attached hydrogen (secondary N) is 3.